The number of benzene rings is 3. The van der Waals surface area contributed by atoms with Gasteiger partial charge in [-0.2, -0.15) is 0 Å². The number of furan rings is 1. The number of rotatable bonds is 2. The Morgan fingerprint density at radius 1 is 0.760 bits per heavy atom. The van der Waals surface area contributed by atoms with Crippen molar-refractivity contribution >= 4 is 27.6 Å². The zero-order valence-electron chi connectivity index (χ0n) is 14.0. The van der Waals surface area contributed by atoms with Gasteiger partial charge < -0.3 is 14.2 Å². The molecule has 122 valence electrons. The topological polar surface area (TPSA) is 19.6 Å². The van der Waals surface area contributed by atoms with Crippen LogP contribution in [0.2, 0.25) is 0 Å². The number of nitrogens with zero attached hydrogens (tertiary/aromatic N) is 2. The van der Waals surface area contributed by atoms with E-state index in [2.05, 4.69) is 77.8 Å². The van der Waals surface area contributed by atoms with Gasteiger partial charge in [-0.15, -0.1) is 0 Å². The lowest BCUT2D eigenvalue weighted by molar-refractivity contribution is 0.496. The Hall–Kier alpha value is -3.20. The molecule has 0 spiro atoms. The van der Waals surface area contributed by atoms with Crippen LogP contribution in [0.25, 0.3) is 33.1 Å². The van der Waals surface area contributed by atoms with Gasteiger partial charge in [0.1, 0.15) is 11.2 Å². The van der Waals surface area contributed by atoms with Crippen molar-refractivity contribution in [3.8, 4) is 11.1 Å². The molecule has 1 aromatic heterocycles. The van der Waals surface area contributed by atoms with E-state index in [9.17, 15) is 0 Å². The molecule has 0 saturated heterocycles. The second-order valence-electron chi connectivity index (χ2n) is 6.52. The maximum atomic E-state index is 6.01. The maximum absolute atomic E-state index is 6.01. The Morgan fingerprint density at radius 3 is 2.32 bits per heavy atom. The zero-order valence-corrected chi connectivity index (χ0v) is 14.0. The van der Waals surface area contributed by atoms with E-state index in [0.29, 0.717) is 0 Å². The van der Waals surface area contributed by atoms with E-state index in [1.807, 2.05) is 18.2 Å². The van der Waals surface area contributed by atoms with E-state index in [1.54, 1.807) is 0 Å². The van der Waals surface area contributed by atoms with Gasteiger partial charge in [-0.05, 0) is 41.5 Å². The molecule has 1 aliphatic heterocycles. The van der Waals surface area contributed by atoms with Crippen LogP contribution < -0.4 is 4.90 Å². The number of hydrogen-bond acceptors (Lipinski definition) is 3. The van der Waals surface area contributed by atoms with Crippen LogP contribution in [0.15, 0.2) is 83.5 Å². The van der Waals surface area contributed by atoms with E-state index < -0.39 is 0 Å². The van der Waals surface area contributed by atoms with E-state index in [0.717, 1.165) is 17.8 Å². The molecular formula is C22H18N2O. The van der Waals surface area contributed by atoms with E-state index in [-0.39, 0.29) is 0 Å². The summed E-state index contributed by atoms with van der Waals surface area (Å²) in [6, 6.07) is 23.3. The lowest BCUT2D eigenvalue weighted by Crippen LogP contribution is -2.21. The third kappa shape index (κ3) is 2.36. The van der Waals surface area contributed by atoms with Gasteiger partial charge in [-0.1, -0.05) is 36.4 Å². The Labute approximate surface area is 146 Å². The molecule has 1 aliphatic rings. The Kier molecular flexibility index (Phi) is 3.07. The fourth-order valence-electron chi connectivity index (χ4n) is 3.45. The molecule has 0 radical (unpaired) electrons. The summed E-state index contributed by atoms with van der Waals surface area (Å²) in [7, 11) is 2.08. The molecule has 4 aromatic rings. The maximum Gasteiger partial charge on any atom is 0.136 e. The quantitative estimate of drug-likeness (QED) is 0.489. The van der Waals surface area contributed by atoms with E-state index in [1.165, 1.54) is 27.6 Å². The van der Waals surface area contributed by atoms with Crippen molar-refractivity contribution in [3.63, 3.8) is 0 Å². The highest BCUT2D eigenvalue weighted by Crippen LogP contribution is 2.32. The summed E-state index contributed by atoms with van der Waals surface area (Å²) < 4.78 is 6.01. The SMILES string of the molecule is CN1C=CN(c2ccc(-c3ccc4c(c3)oc3ccccc34)cc2)C1. The van der Waals surface area contributed by atoms with Crippen molar-refractivity contribution in [1.82, 2.24) is 4.90 Å². The summed E-state index contributed by atoms with van der Waals surface area (Å²) in [4.78, 5) is 4.38. The van der Waals surface area contributed by atoms with Gasteiger partial charge in [0, 0.05) is 35.9 Å². The molecule has 5 rings (SSSR count). The smallest absolute Gasteiger partial charge is 0.136 e. The molecule has 25 heavy (non-hydrogen) atoms. The Balaban J connectivity index is 1.52. The van der Waals surface area contributed by atoms with Gasteiger partial charge in [-0.25, -0.2) is 0 Å². The fraction of sp³-hybridized carbons (Fsp3) is 0.0909. The number of fused-ring (bicyclic) bond motifs is 3. The molecule has 0 aliphatic carbocycles. The molecule has 3 heteroatoms. The molecule has 0 amide bonds. The lowest BCUT2D eigenvalue weighted by atomic mass is 10.0. The van der Waals surface area contributed by atoms with Crippen LogP contribution in [-0.4, -0.2) is 18.6 Å². The largest absolute Gasteiger partial charge is 0.456 e. The predicted molar refractivity (Wildman–Crippen MR) is 103 cm³/mol. The van der Waals surface area contributed by atoms with Crippen LogP contribution in [0.5, 0.6) is 0 Å². The molecule has 0 atom stereocenters. The number of hydrogen-bond donors (Lipinski definition) is 0. The van der Waals surface area contributed by atoms with Crippen LogP contribution in [0.3, 0.4) is 0 Å². The predicted octanol–water partition coefficient (Wildman–Crippen LogP) is 5.43. The van der Waals surface area contributed by atoms with Crippen LogP contribution in [0.1, 0.15) is 0 Å². The normalized spacial score (nSPS) is 14.1. The molecule has 0 bridgehead atoms. The fourth-order valence-corrected chi connectivity index (χ4v) is 3.45. The van der Waals surface area contributed by atoms with Gasteiger partial charge >= 0.3 is 0 Å². The average molecular weight is 326 g/mol. The second kappa shape index (κ2) is 5.42. The van der Waals surface area contributed by atoms with Crippen LogP contribution in [0, 0.1) is 0 Å². The second-order valence-corrected chi connectivity index (χ2v) is 6.52. The first kappa shape index (κ1) is 14.2. The summed E-state index contributed by atoms with van der Waals surface area (Å²) >= 11 is 0. The highest BCUT2D eigenvalue weighted by atomic mass is 16.3. The van der Waals surface area contributed by atoms with Crippen molar-refractivity contribution in [2.45, 2.75) is 0 Å². The molecule has 0 saturated carbocycles. The highest BCUT2D eigenvalue weighted by molar-refractivity contribution is 6.05. The average Bonchev–Trinajstić information content (AvgIpc) is 3.24. The lowest BCUT2D eigenvalue weighted by Gasteiger charge is -2.18. The highest BCUT2D eigenvalue weighted by Gasteiger charge is 2.11. The summed E-state index contributed by atoms with van der Waals surface area (Å²) in [5.74, 6) is 0. The van der Waals surface area contributed by atoms with Crippen molar-refractivity contribution < 1.29 is 4.42 Å². The molecular weight excluding hydrogens is 308 g/mol. The monoisotopic (exact) mass is 326 g/mol. The van der Waals surface area contributed by atoms with Crippen LogP contribution in [0.4, 0.5) is 5.69 Å². The van der Waals surface area contributed by atoms with Gasteiger partial charge in [0.15, 0.2) is 0 Å². The zero-order chi connectivity index (χ0) is 16.8. The van der Waals surface area contributed by atoms with Gasteiger partial charge in [0.05, 0.1) is 6.67 Å². The van der Waals surface area contributed by atoms with Gasteiger partial charge in [0.25, 0.3) is 0 Å². The molecule has 0 unspecified atom stereocenters. The molecule has 2 heterocycles. The van der Waals surface area contributed by atoms with Gasteiger partial charge in [-0.3, -0.25) is 0 Å². The number of anilines is 1. The summed E-state index contributed by atoms with van der Waals surface area (Å²) in [6.45, 7) is 0.893. The molecule has 3 aromatic carbocycles. The third-order valence-electron chi connectivity index (χ3n) is 4.79. The first-order valence-corrected chi connectivity index (χ1v) is 8.45. The Morgan fingerprint density at radius 2 is 1.52 bits per heavy atom. The summed E-state index contributed by atoms with van der Waals surface area (Å²) in [5.41, 5.74) is 5.45. The molecule has 0 fully saturated rings. The van der Waals surface area contributed by atoms with E-state index >= 15 is 0 Å². The summed E-state index contributed by atoms with van der Waals surface area (Å²) in [6.07, 6.45) is 4.19. The van der Waals surface area contributed by atoms with Crippen LogP contribution >= 0.6 is 0 Å². The molecule has 0 N–H and O–H groups in total. The van der Waals surface area contributed by atoms with Crippen molar-refractivity contribution in [1.29, 1.82) is 0 Å². The van der Waals surface area contributed by atoms with E-state index in [4.69, 9.17) is 4.42 Å². The minimum absolute atomic E-state index is 0.893. The molecule has 3 nitrogen and oxygen atoms in total. The Bertz CT molecular complexity index is 1090. The van der Waals surface area contributed by atoms with Gasteiger partial charge in [0.2, 0.25) is 0 Å². The van der Waals surface area contributed by atoms with Crippen LogP contribution in [-0.2, 0) is 0 Å². The van der Waals surface area contributed by atoms with Crippen molar-refractivity contribution in [3.05, 3.63) is 79.1 Å². The van der Waals surface area contributed by atoms with Crippen molar-refractivity contribution in [2.75, 3.05) is 18.6 Å². The first-order chi connectivity index (χ1) is 12.3. The third-order valence-corrected chi connectivity index (χ3v) is 4.79. The van der Waals surface area contributed by atoms with Crippen molar-refractivity contribution in [2.24, 2.45) is 0 Å². The summed E-state index contributed by atoms with van der Waals surface area (Å²) in [5, 5.41) is 2.34. The number of para-hydroxylation sites is 1. The minimum atomic E-state index is 0.893. The first-order valence-electron chi connectivity index (χ1n) is 8.45. The standard InChI is InChI=1S/C22H18N2O/c1-23-12-13-24(15-23)18-9-6-16(7-10-18)17-8-11-20-19-4-2-3-5-21(19)25-22(20)14-17/h2-14H,15H2,1H3. The minimum Gasteiger partial charge on any atom is -0.456 e.